The van der Waals surface area contributed by atoms with Gasteiger partial charge >= 0.3 is 0 Å². The molecule has 0 aromatic carbocycles. The van der Waals surface area contributed by atoms with Crippen LogP contribution < -0.4 is 5.32 Å². The number of amides is 1. The zero-order valence-corrected chi connectivity index (χ0v) is 9.70. The fraction of sp³-hybridized carbons (Fsp3) is 0.600. The molecule has 0 saturated carbocycles. The van der Waals surface area contributed by atoms with Crippen molar-refractivity contribution in [1.82, 2.24) is 10.3 Å². The van der Waals surface area contributed by atoms with Crippen molar-refractivity contribution in [2.24, 2.45) is 0 Å². The highest BCUT2D eigenvalue weighted by Gasteiger charge is 2.12. The van der Waals surface area contributed by atoms with Gasteiger partial charge in [-0.3, -0.25) is 4.79 Å². The van der Waals surface area contributed by atoms with Crippen LogP contribution in [0.2, 0.25) is 0 Å². The first-order valence-electron chi connectivity index (χ1n) is 4.87. The zero-order valence-electron chi connectivity index (χ0n) is 8.89. The third kappa shape index (κ3) is 2.80. The summed E-state index contributed by atoms with van der Waals surface area (Å²) in [5, 5.41) is 3.83. The van der Waals surface area contributed by atoms with Crippen LogP contribution in [0.3, 0.4) is 0 Å². The number of carbonyl (C=O) groups excluding carboxylic acids is 1. The van der Waals surface area contributed by atoms with E-state index < -0.39 is 0 Å². The summed E-state index contributed by atoms with van der Waals surface area (Å²) >= 11 is 1.46. The number of nitrogens with zero attached hydrogens (tertiary/aromatic N) is 1. The number of thiazole rings is 1. The molecule has 0 fully saturated rings. The number of aromatic nitrogens is 1. The van der Waals surface area contributed by atoms with Crippen molar-refractivity contribution in [3.63, 3.8) is 0 Å². The molecule has 0 aliphatic carbocycles. The average molecular weight is 212 g/mol. The van der Waals surface area contributed by atoms with Gasteiger partial charge in [0.25, 0.3) is 5.91 Å². The Kier molecular flexibility index (Phi) is 4.07. The Hall–Kier alpha value is -0.900. The molecule has 0 bridgehead atoms. The number of nitrogens with one attached hydrogen (secondary N) is 1. The second-order valence-corrected chi connectivity index (χ2v) is 4.46. The molecule has 3 nitrogen and oxygen atoms in total. The van der Waals surface area contributed by atoms with Crippen molar-refractivity contribution >= 4 is 17.2 Å². The second-order valence-electron chi connectivity index (χ2n) is 3.26. The highest BCUT2D eigenvalue weighted by molar-refractivity contribution is 7.13. The molecule has 14 heavy (non-hydrogen) atoms. The minimum Gasteiger partial charge on any atom is -0.351 e. The number of hydrogen-bond donors (Lipinski definition) is 1. The van der Waals surface area contributed by atoms with Gasteiger partial charge in [0.05, 0.1) is 10.7 Å². The quantitative estimate of drug-likeness (QED) is 0.778. The van der Waals surface area contributed by atoms with Gasteiger partial charge in [-0.1, -0.05) is 13.3 Å². The Balaban J connectivity index is 2.56. The van der Waals surface area contributed by atoms with Crippen LogP contribution in [-0.2, 0) is 0 Å². The molecule has 0 saturated heterocycles. The lowest BCUT2D eigenvalue weighted by atomic mass is 10.3. The van der Waals surface area contributed by atoms with Gasteiger partial charge in [0.15, 0.2) is 0 Å². The Morgan fingerprint density at radius 1 is 1.50 bits per heavy atom. The Morgan fingerprint density at radius 2 is 2.21 bits per heavy atom. The maximum atomic E-state index is 11.6. The predicted molar refractivity (Wildman–Crippen MR) is 58.8 cm³/mol. The van der Waals surface area contributed by atoms with Crippen molar-refractivity contribution in [3.05, 3.63) is 15.6 Å². The van der Waals surface area contributed by atoms with Crippen molar-refractivity contribution in [2.75, 3.05) is 6.54 Å². The Labute approximate surface area is 88.6 Å². The summed E-state index contributed by atoms with van der Waals surface area (Å²) in [4.78, 5) is 16.6. The first-order chi connectivity index (χ1) is 6.65. The van der Waals surface area contributed by atoms with E-state index in [2.05, 4.69) is 17.2 Å². The molecule has 1 aromatic rings. The lowest BCUT2D eigenvalue weighted by Crippen LogP contribution is -2.24. The van der Waals surface area contributed by atoms with E-state index in [4.69, 9.17) is 0 Å². The van der Waals surface area contributed by atoms with Gasteiger partial charge in [0.2, 0.25) is 0 Å². The van der Waals surface area contributed by atoms with E-state index >= 15 is 0 Å². The SMILES string of the molecule is CCCCNC(=O)c1sc(C)nc1C. The van der Waals surface area contributed by atoms with Gasteiger partial charge in [-0.05, 0) is 20.3 Å². The maximum Gasteiger partial charge on any atom is 0.263 e. The average Bonchev–Trinajstić information content (AvgIpc) is 2.45. The van der Waals surface area contributed by atoms with Crippen molar-refractivity contribution in [1.29, 1.82) is 0 Å². The van der Waals surface area contributed by atoms with Crippen molar-refractivity contribution in [3.8, 4) is 0 Å². The fourth-order valence-corrected chi connectivity index (χ4v) is 2.04. The van der Waals surface area contributed by atoms with E-state index in [-0.39, 0.29) is 5.91 Å². The van der Waals surface area contributed by atoms with Crippen LogP contribution in [0.15, 0.2) is 0 Å². The molecular weight excluding hydrogens is 196 g/mol. The molecule has 1 N–H and O–H groups in total. The van der Waals surface area contributed by atoms with Gasteiger partial charge in [-0.15, -0.1) is 11.3 Å². The molecule has 1 heterocycles. The van der Waals surface area contributed by atoms with E-state index in [0.29, 0.717) is 0 Å². The molecule has 0 unspecified atom stereocenters. The minimum absolute atomic E-state index is 0.0153. The normalized spacial score (nSPS) is 10.2. The number of carbonyl (C=O) groups is 1. The lowest BCUT2D eigenvalue weighted by Gasteiger charge is -2.01. The van der Waals surface area contributed by atoms with Crippen LogP contribution in [0, 0.1) is 13.8 Å². The monoisotopic (exact) mass is 212 g/mol. The minimum atomic E-state index is 0.0153. The molecule has 0 aliphatic heterocycles. The molecule has 4 heteroatoms. The summed E-state index contributed by atoms with van der Waals surface area (Å²) in [6.45, 7) is 6.65. The molecule has 1 aromatic heterocycles. The van der Waals surface area contributed by atoms with Gasteiger partial charge in [-0.25, -0.2) is 4.98 Å². The molecule has 0 radical (unpaired) electrons. The molecule has 78 valence electrons. The fourth-order valence-electron chi connectivity index (χ4n) is 1.20. The number of hydrogen-bond acceptors (Lipinski definition) is 3. The van der Waals surface area contributed by atoms with Crippen molar-refractivity contribution < 1.29 is 4.79 Å². The van der Waals surface area contributed by atoms with Gasteiger partial charge in [-0.2, -0.15) is 0 Å². The smallest absolute Gasteiger partial charge is 0.263 e. The molecule has 1 amide bonds. The van der Waals surface area contributed by atoms with Crippen LogP contribution in [0.5, 0.6) is 0 Å². The highest BCUT2D eigenvalue weighted by Crippen LogP contribution is 2.16. The van der Waals surface area contributed by atoms with Crippen LogP contribution in [-0.4, -0.2) is 17.4 Å². The van der Waals surface area contributed by atoms with Crippen LogP contribution in [0.4, 0.5) is 0 Å². The second kappa shape index (κ2) is 5.10. The number of unbranched alkanes of at least 4 members (excludes halogenated alkanes) is 1. The standard InChI is InChI=1S/C10H16N2OS/c1-4-5-6-11-10(13)9-7(2)12-8(3)14-9/h4-6H2,1-3H3,(H,11,13). The summed E-state index contributed by atoms with van der Waals surface area (Å²) in [7, 11) is 0. The Bertz CT molecular complexity index is 320. The Morgan fingerprint density at radius 3 is 2.71 bits per heavy atom. The third-order valence-corrected chi connectivity index (χ3v) is 3.00. The molecule has 1 rings (SSSR count). The molecule has 0 spiro atoms. The summed E-state index contributed by atoms with van der Waals surface area (Å²) in [5.41, 5.74) is 0.835. The topological polar surface area (TPSA) is 42.0 Å². The summed E-state index contributed by atoms with van der Waals surface area (Å²) in [5.74, 6) is 0.0153. The largest absolute Gasteiger partial charge is 0.351 e. The van der Waals surface area contributed by atoms with E-state index in [1.165, 1.54) is 11.3 Å². The van der Waals surface area contributed by atoms with E-state index in [0.717, 1.165) is 35.0 Å². The zero-order chi connectivity index (χ0) is 10.6. The van der Waals surface area contributed by atoms with E-state index in [9.17, 15) is 4.79 Å². The number of rotatable bonds is 4. The van der Waals surface area contributed by atoms with Crippen LogP contribution in [0.25, 0.3) is 0 Å². The predicted octanol–water partition coefficient (Wildman–Crippen LogP) is 2.29. The number of aryl methyl sites for hydroxylation is 2. The van der Waals surface area contributed by atoms with E-state index in [1.54, 1.807) is 0 Å². The molecule has 0 atom stereocenters. The summed E-state index contributed by atoms with van der Waals surface area (Å²) in [6, 6.07) is 0. The lowest BCUT2D eigenvalue weighted by molar-refractivity contribution is 0.0956. The summed E-state index contributed by atoms with van der Waals surface area (Å²) < 4.78 is 0. The molecular formula is C10H16N2OS. The van der Waals surface area contributed by atoms with E-state index in [1.807, 2.05) is 13.8 Å². The maximum absolute atomic E-state index is 11.6. The first kappa shape index (κ1) is 11.2. The third-order valence-electron chi connectivity index (χ3n) is 1.93. The van der Waals surface area contributed by atoms with Gasteiger partial charge in [0.1, 0.15) is 4.88 Å². The first-order valence-corrected chi connectivity index (χ1v) is 5.69. The van der Waals surface area contributed by atoms with Gasteiger partial charge in [0, 0.05) is 6.54 Å². The van der Waals surface area contributed by atoms with Crippen LogP contribution in [0.1, 0.15) is 40.1 Å². The van der Waals surface area contributed by atoms with Crippen molar-refractivity contribution in [2.45, 2.75) is 33.6 Å². The van der Waals surface area contributed by atoms with Gasteiger partial charge < -0.3 is 5.32 Å². The highest BCUT2D eigenvalue weighted by atomic mass is 32.1. The van der Waals surface area contributed by atoms with Crippen LogP contribution >= 0.6 is 11.3 Å². The summed E-state index contributed by atoms with van der Waals surface area (Å²) in [6.07, 6.45) is 2.13. The molecule has 0 aliphatic rings.